The molecule has 0 saturated heterocycles. The third-order valence-corrected chi connectivity index (χ3v) is 2.06. The van der Waals surface area contributed by atoms with E-state index in [2.05, 4.69) is 11.6 Å². The highest BCUT2D eigenvalue weighted by molar-refractivity contribution is 5.17. The molecule has 0 bridgehead atoms. The van der Waals surface area contributed by atoms with Gasteiger partial charge in [0, 0.05) is 7.34 Å². The molecule has 0 N–H and O–H groups in total. The number of aryl methyl sites for hydroxylation is 1. The van der Waals surface area contributed by atoms with Gasteiger partial charge in [0.05, 0.1) is 5.69 Å². The van der Waals surface area contributed by atoms with Crippen molar-refractivity contribution < 1.29 is 5.84 Å². The van der Waals surface area contributed by atoms with Crippen molar-refractivity contribution in [2.45, 2.75) is 25.7 Å². The highest BCUT2D eigenvalue weighted by Gasteiger charge is 2.26. The molecular formula is C9H13NO. The first-order valence-electron chi connectivity index (χ1n) is 3.84. The monoisotopic (exact) mass is 151 g/mol. The summed E-state index contributed by atoms with van der Waals surface area (Å²) >= 11 is 0. The highest BCUT2D eigenvalue weighted by Crippen LogP contribution is 2.39. The lowest BCUT2D eigenvalue weighted by Gasteiger charge is -2.24. The van der Waals surface area contributed by atoms with Gasteiger partial charge in [-0.2, -0.15) is 0 Å². The maximum absolute atomic E-state index is 5.26. The van der Waals surface area contributed by atoms with Crippen LogP contribution >= 0.6 is 0 Å². The van der Waals surface area contributed by atoms with E-state index in [4.69, 9.17) is 4.42 Å². The van der Waals surface area contributed by atoms with Crippen LogP contribution in [0.25, 0.3) is 0 Å². The lowest BCUT2D eigenvalue weighted by Crippen LogP contribution is -2.11. The second-order valence-electron chi connectivity index (χ2n) is 3.18. The predicted octanol–water partition coefficient (Wildman–Crippen LogP) is 2.66. The van der Waals surface area contributed by atoms with E-state index in [0.29, 0.717) is 5.92 Å². The van der Waals surface area contributed by atoms with E-state index in [0.717, 1.165) is 24.4 Å². The van der Waals surface area contributed by atoms with Gasteiger partial charge in [0.2, 0.25) is 0 Å². The molecule has 0 radical (unpaired) electrons. The van der Waals surface area contributed by atoms with Gasteiger partial charge in [-0.15, -0.1) is 0 Å². The van der Waals surface area contributed by atoms with Crippen molar-refractivity contribution in [3.05, 3.63) is 30.0 Å². The number of nitrogens with zero attached hydrogens (tertiary/aromatic N) is 1. The molecule has 1 aliphatic rings. The number of hydrogen-bond donors (Lipinski definition) is 0. The van der Waals surface area contributed by atoms with Crippen LogP contribution in [0.1, 0.15) is 31.8 Å². The molecule has 0 amide bonds. The Balaban J connectivity index is 0.000000720. The van der Waals surface area contributed by atoms with Crippen LogP contribution in [0.3, 0.4) is 0 Å². The zero-order valence-corrected chi connectivity index (χ0v) is 6.63. The van der Waals surface area contributed by atoms with Crippen LogP contribution in [0.5, 0.6) is 0 Å². The summed E-state index contributed by atoms with van der Waals surface area (Å²) in [6, 6.07) is 0. The zero-order chi connectivity index (χ0) is 7.84. The first-order valence-corrected chi connectivity index (χ1v) is 3.84. The minimum atomic E-state index is 0. The fraction of sp³-hybridized carbons (Fsp3) is 0.444. The Morgan fingerprint density at radius 1 is 1.73 bits per heavy atom. The number of aromatic nitrogens is 1. The van der Waals surface area contributed by atoms with Gasteiger partial charge >= 0.3 is 0 Å². The van der Waals surface area contributed by atoms with E-state index in [1.165, 1.54) is 5.57 Å². The van der Waals surface area contributed by atoms with Crippen LogP contribution in [-0.4, -0.2) is 4.98 Å². The second kappa shape index (κ2) is 2.22. The van der Waals surface area contributed by atoms with Crippen LogP contribution in [0.2, 0.25) is 0 Å². The lowest BCUT2D eigenvalue weighted by atomic mass is 9.81. The first-order chi connectivity index (χ1) is 5.25. The normalized spacial score (nSPS) is 18.5. The molecule has 0 aliphatic heterocycles. The Morgan fingerprint density at radius 2 is 2.45 bits per heavy atom. The topological polar surface area (TPSA) is 26.0 Å². The third kappa shape index (κ3) is 1.09. The van der Waals surface area contributed by atoms with Crippen molar-refractivity contribution in [3.8, 4) is 0 Å². The van der Waals surface area contributed by atoms with Crippen LogP contribution < -0.4 is 0 Å². The Bertz CT molecular complexity index is 284. The van der Waals surface area contributed by atoms with Crippen molar-refractivity contribution in [1.29, 1.82) is 0 Å². The average Bonchev–Trinajstić information content (AvgIpc) is 2.29. The molecule has 2 nitrogen and oxygen atoms in total. The van der Waals surface area contributed by atoms with E-state index in [-0.39, 0.29) is 1.43 Å². The van der Waals surface area contributed by atoms with E-state index in [1.807, 2.05) is 6.92 Å². The zero-order valence-electron chi connectivity index (χ0n) is 6.63. The van der Waals surface area contributed by atoms with Gasteiger partial charge < -0.3 is 4.42 Å². The van der Waals surface area contributed by atoms with Crippen molar-refractivity contribution in [2.75, 3.05) is 0 Å². The Kier molecular flexibility index (Phi) is 1.34. The largest absolute Gasteiger partial charge is 0.448 e. The van der Waals surface area contributed by atoms with E-state index in [1.54, 1.807) is 6.26 Å². The molecule has 1 aromatic rings. The molecule has 1 heterocycles. The van der Waals surface area contributed by atoms with Gasteiger partial charge in [0.25, 0.3) is 0 Å². The minimum Gasteiger partial charge on any atom is -0.448 e. The summed E-state index contributed by atoms with van der Waals surface area (Å²) in [6.07, 6.45) is 3.82. The summed E-state index contributed by atoms with van der Waals surface area (Å²) in [5, 5.41) is 0. The maximum Gasteiger partial charge on any atom is 0.197 e. The van der Waals surface area contributed by atoms with Gasteiger partial charge in [-0.05, 0) is 19.8 Å². The van der Waals surface area contributed by atoms with Crippen molar-refractivity contribution in [2.24, 2.45) is 0 Å². The van der Waals surface area contributed by atoms with Gasteiger partial charge in [-0.1, -0.05) is 12.2 Å². The molecule has 2 heteroatoms. The Hall–Kier alpha value is -1.05. The molecule has 1 aliphatic carbocycles. The summed E-state index contributed by atoms with van der Waals surface area (Å²) in [5.41, 5.74) is 2.28. The molecular weight excluding hydrogens is 138 g/mol. The van der Waals surface area contributed by atoms with E-state index < -0.39 is 0 Å². The molecule has 0 atom stereocenters. The summed E-state index contributed by atoms with van der Waals surface area (Å²) in [7, 11) is 0. The summed E-state index contributed by atoms with van der Waals surface area (Å²) in [5.74, 6) is 1.39. The number of oxazole rings is 1. The number of hydrogen-bond acceptors (Lipinski definition) is 2. The summed E-state index contributed by atoms with van der Waals surface area (Å²) < 4.78 is 5.26. The van der Waals surface area contributed by atoms with Crippen LogP contribution in [0.15, 0.2) is 22.8 Å². The second-order valence-corrected chi connectivity index (χ2v) is 3.18. The van der Waals surface area contributed by atoms with E-state index in [9.17, 15) is 0 Å². The lowest BCUT2D eigenvalue weighted by molar-refractivity contribution is 0.399. The Labute approximate surface area is 67.4 Å². The highest BCUT2D eigenvalue weighted by atomic mass is 16.3. The first kappa shape index (κ1) is 6.65. The molecule has 0 unspecified atom stereocenters. The molecule has 1 aromatic heterocycles. The van der Waals surface area contributed by atoms with Gasteiger partial charge in [-0.3, -0.25) is 0 Å². The quantitative estimate of drug-likeness (QED) is 0.577. The molecule has 2 rings (SSSR count). The average molecular weight is 151 g/mol. The van der Waals surface area contributed by atoms with Crippen molar-refractivity contribution >= 4 is 0 Å². The van der Waals surface area contributed by atoms with Gasteiger partial charge in [-0.25, -0.2) is 4.98 Å². The number of rotatable bonds is 1. The SMILES string of the molecule is C=C1CC(c2nc(C)co2)C1.[HH]. The molecule has 0 aromatic carbocycles. The smallest absolute Gasteiger partial charge is 0.197 e. The standard InChI is InChI=1S/C9H11NO.H2/c1-6-3-8(4-6)9-10-7(2)5-11-9;/h5,8H,1,3-4H2,2H3;1H. The van der Waals surface area contributed by atoms with Crippen LogP contribution in [0, 0.1) is 6.92 Å². The van der Waals surface area contributed by atoms with Gasteiger partial charge in [0.15, 0.2) is 5.89 Å². The van der Waals surface area contributed by atoms with Crippen molar-refractivity contribution in [3.63, 3.8) is 0 Å². The van der Waals surface area contributed by atoms with Gasteiger partial charge in [0.1, 0.15) is 6.26 Å². The Morgan fingerprint density at radius 3 is 2.91 bits per heavy atom. The third-order valence-electron chi connectivity index (χ3n) is 2.06. The van der Waals surface area contributed by atoms with Crippen LogP contribution in [-0.2, 0) is 0 Å². The predicted molar refractivity (Wildman–Crippen MR) is 44.5 cm³/mol. The molecule has 0 spiro atoms. The van der Waals surface area contributed by atoms with Crippen molar-refractivity contribution in [1.82, 2.24) is 4.98 Å². The maximum atomic E-state index is 5.26. The number of allylic oxidation sites excluding steroid dienone is 1. The van der Waals surface area contributed by atoms with Crippen LogP contribution in [0.4, 0.5) is 0 Å². The molecule has 1 fully saturated rings. The molecule has 60 valence electrons. The fourth-order valence-electron chi connectivity index (χ4n) is 1.37. The summed E-state index contributed by atoms with van der Waals surface area (Å²) in [4.78, 5) is 4.26. The molecule has 11 heavy (non-hydrogen) atoms. The molecule has 1 saturated carbocycles. The fourth-order valence-corrected chi connectivity index (χ4v) is 1.37. The minimum absolute atomic E-state index is 0. The van der Waals surface area contributed by atoms with E-state index >= 15 is 0 Å². The summed E-state index contributed by atoms with van der Waals surface area (Å²) in [6.45, 7) is 5.82.